The van der Waals surface area contributed by atoms with Crippen LogP contribution in [0.2, 0.25) is 0 Å². The van der Waals surface area contributed by atoms with Crippen molar-refractivity contribution in [1.82, 2.24) is 4.90 Å². The summed E-state index contributed by atoms with van der Waals surface area (Å²) in [5, 5.41) is 0. The molecular weight excluding hydrogens is 272 g/mol. The van der Waals surface area contributed by atoms with Gasteiger partial charge in [-0.1, -0.05) is 6.07 Å². The van der Waals surface area contributed by atoms with Crippen LogP contribution in [-0.2, 0) is 0 Å². The third-order valence-electron chi connectivity index (χ3n) is 4.06. The fourth-order valence-electron chi connectivity index (χ4n) is 3.03. The summed E-state index contributed by atoms with van der Waals surface area (Å²) in [4.78, 5) is 3.46. The van der Waals surface area contributed by atoms with Crippen LogP contribution >= 0.6 is 11.8 Å². The van der Waals surface area contributed by atoms with E-state index >= 15 is 0 Å². The first-order valence-corrected chi connectivity index (χ1v) is 8.07. The molecule has 1 aliphatic rings. The Labute approximate surface area is 125 Å². The minimum atomic E-state index is 0.350. The van der Waals surface area contributed by atoms with Gasteiger partial charge in [-0.05, 0) is 38.3 Å². The summed E-state index contributed by atoms with van der Waals surface area (Å²) in [7, 11) is 5.55. The van der Waals surface area contributed by atoms with Gasteiger partial charge in [-0.25, -0.2) is 0 Å². The number of methoxy groups -OCH3 is 2. The Morgan fingerprint density at radius 1 is 1.30 bits per heavy atom. The number of nitrogens with two attached hydrogens (primary N) is 1. The third kappa shape index (κ3) is 2.75. The topological polar surface area (TPSA) is 47.7 Å². The molecule has 0 spiro atoms. The largest absolute Gasteiger partial charge is 0.492 e. The van der Waals surface area contributed by atoms with Gasteiger partial charge in [0, 0.05) is 18.2 Å². The number of nitrogens with zero attached hydrogens (tertiary/aromatic N) is 1. The minimum Gasteiger partial charge on any atom is -0.492 e. The maximum Gasteiger partial charge on any atom is 0.174 e. The maximum atomic E-state index is 5.82. The van der Waals surface area contributed by atoms with E-state index in [-0.39, 0.29) is 0 Å². The van der Waals surface area contributed by atoms with Crippen molar-refractivity contribution in [1.29, 1.82) is 0 Å². The number of rotatable bonds is 5. The molecule has 0 radical (unpaired) electrons. The Kier molecular flexibility index (Phi) is 5.18. The van der Waals surface area contributed by atoms with Crippen LogP contribution in [0, 0.1) is 5.92 Å². The van der Waals surface area contributed by atoms with Crippen molar-refractivity contribution in [3.8, 4) is 11.5 Å². The second kappa shape index (κ2) is 6.70. The van der Waals surface area contributed by atoms with Crippen molar-refractivity contribution in [3.05, 3.63) is 17.7 Å². The average Bonchev–Trinajstić information content (AvgIpc) is 2.86. The fraction of sp³-hybridized carbons (Fsp3) is 0.600. The standard InChI is InChI=1S/C15H24N2O2S/c1-17-9-10(8-16)7-12(17)11-5-6-13(20-4)15(19-3)14(11)18-2/h5-6,10,12H,7-9,16H2,1-4H3. The van der Waals surface area contributed by atoms with Crippen LogP contribution < -0.4 is 15.2 Å². The SMILES string of the molecule is COc1c(SC)ccc(C2CC(CN)CN2C)c1OC. The van der Waals surface area contributed by atoms with Crippen LogP contribution in [-0.4, -0.2) is 45.5 Å². The summed E-state index contributed by atoms with van der Waals surface area (Å²) in [5.41, 5.74) is 7.02. The normalized spacial score (nSPS) is 23.1. The zero-order valence-corrected chi connectivity index (χ0v) is 13.5. The molecule has 112 valence electrons. The third-order valence-corrected chi connectivity index (χ3v) is 4.82. The summed E-state index contributed by atoms with van der Waals surface area (Å²) in [6.07, 6.45) is 3.12. The molecule has 1 aromatic carbocycles. The predicted molar refractivity (Wildman–Crippen MR) is 83.9 cm³/mol. The second-order valence-corrected chi connectivity index (χ2v) is 6.06. The molecule has 0 saturated carbocycles. The summed E-state index contributed by atoms with van der Waals surface area (Å²) in [5.74, 6) is 2.25. The van der Waals surface area contributed by atoms with E-state index in [4.69, 9.17) is 15.2 Å². The van der Waals surface area contributed by atoms with Gasteiger partial charge in [-0.3, -0.25) is 4.90 Å². The number of likely N-dealkylation sites (tertiary alicyclic amines) is 1. The summed E-state index contributed by atoms with van der Waals surface area (Å²) in [6, 6.07) is 4.63. The van der Waals surface area contributed by atoms with Crippen molar-refractivity contribution in [2.45, 2.75) is 17.4 Å². The van der Waals surface area contributed by atoms with E-state index in [1.54, 1.807) is 26.0 Å². The first-order chi connectivity index (χ1) is 9.65. The summed E-state index contributed by atoms with van der Waals surface area (Å²) >= 11 is 1.67. The van der Waals surface area contributed by atoms with Gasteiger partial charge in [0.05, 0.1) is 19.1 Å². The van der Waals surface area contributed by atoms with Crippen LogP contribution in [0.3, 0.4) is 0 Å². The zero-order valence-electron chi connectivity index (χ0n) is 12.7. The number of hydrogen-bond donors (Lipinski definition) is 1. The fourth-order valence-corrected chi connectivity index (χ4v) is 3.59. The molecule has 0 bridgehead atoms. The van der Waals surface area contributed by atoms with E-state index in [1.807, 2.05) is 6.26 Å². The van der Waals surface area contributed by atoms with Crippen LogP contribution in [0.15, 0.2) is 17.0 Å². The van der Waals surface area contributed by atoms with Gasteiger partial charge in [0.25, 0.3) is 0 Å². The van der Waals surface area contributed by atoms with E-state index < -0.39 is 0 Å². The second-order valence-electron chi connectivity index (χ2n) is 5.22. The van der Waals surface area contributed by atoms with E-state index in [2.05, 4.69) is 24.1 Å². The molecule has 5 heteroatoms. The van der Waals surface area contributed by atoms with Gasteiger partial charge >= 0.3 is 0 Å². The van der Waals surface area contributed by atoms with Crippen LogP contribution in [0.25, 0.3) is 0 Å². The molecule has 0 aliphatic carbocycles. The monoisotopic (exact) mass is 296 g/mol. The maximum absolute atomic E-state index is 5.82. The van der Waals surface area contributed by atoms with Crippen LogP contribution in [0.4, 0.5) is 0 Å². The van der Waals surface area contributed by atoms with Crippen LogP contribution in [0.5, 0.6) is 11.5 Å². The Morgan fingerprint density at radius 2 is 2.00 bits per heavy atom. The van der Waals surface area contributed by atoms with Crippen LogP contribution in [0.1, 0.15) is 18.0 Å². The first kappa shape index (κ1) is 15.5. The number of hydrogen-bond acceptors (Lipinski definition) is 5. The lowest BCUT2D eigenvalue weighted by atomic mass is 9.98. The van der Waals surface area contributed by atoms with Crippen molar-refractivity contribution in [2.24, 2.45) is 11.7 Å². The molecule has 0 amide bonds. The Hall–Kier alpha value is -0.910. The Balaban J connectivity index is 2.41. The van der Waals surface area contributed by atoms with E-state index in [9.17, 15) is 0 Å². The van der Waals surface area contributed by atoms with E-state index in [1.165, 1.54) is 5.56 Å². The smallest absolute Gasteiger partial charge is 0.174 e. The molecule has 2 atom stereocenters. The average molecular weight is 296 g/mol. The van der Waals surface area contributed by atoms with Crippen molar-refractivity contribution < 1.29 is 9.47 Å². The predicted octanol–water partition coefficient (Wildman–Crippen LogP) is 2.38. The Bertz CT molecular complexity index is 467. The quantitative estimate of drug-likeness (QED) is 0.845. The molecule has 1 aromatic rings. The van der Waals surface area contributed by atoms with Crippen molar-refractivity contribution in [3.63, 3.8) is 0 Å². The molecular formula is C15H24N2O2S. The van der Waals surface area contributed by atoms with Gasteiger partial charge in [0.15, 0.2) is 11.5 Å². The summed E-state index contributed by atoms with van der Waals surface area (Å²) < 4.78 is 11.2. The van der Waals surface area contributed by atoms with Gasteiger partial charge in [0.1, 0.15) is 0 Å². The van der Waals surface area contributed by atoms with Gasteiger partial charge in [-0.2, -0.15) is 0 Å². The van der Waals surface area contributed by atoms with Gasteiger partial charge < -0.3 is 15.2 Å². The molecule has 1 heterocycles. The minimum absolute atomic E-state index is 0.350. The molecule has 2 unspecified atom stereocenters. The van der Waals surface area contributed by atoms with Crippen molar-refractivity contribution >= 4 is 11.8 Å². The molecule has 2 rings (SSSR count). The highest BCUT2D eigenvalue weighted by Crippen LogP contribution is 2.45. The highest BCUT2D eigenvalue weighted by atomic mass is 32.2. The molecule has 4 nitrogen and oxygen atoms in total. The molecule has 1 fully saturated rings. The molecule has 20 heavy (non-hydrogen) atoms. The zero-order chi connectivity index (χ0) is 14.7. The highest BCUT2D eigenvalue weighted by Gasteiger charge is 2.32. The summed E-state index contributed by atoms with van der Waals surface area (Å²) in [6.45, 7) is 1.78. The lowest BCUT2D eigenvalue weighted by molar-refractivity contribution is 0.294. The van der Waals surface area contributed by atoms with E-state index in [0.29, 0.717) is 12.0 Å². The highest BCUT2D eigenvalue weighted by molar-refractivity contribution is 7.98. The molecule has 1 aliphatic heterocycles. The lowest BCUT2D eigenvalue weighted by Gasteiger charge is -2.24. The number of benzene rings is 1. The van der Waals surface area contributed by atoms with Gasteiger partial charge in [0.2, 0.25) is 0 Å². The van der Waals surface area contributed by atoms with E-state index in [0.717, 1.165) is 35.9 Å². The number of thioether (sulfide) groups is 1. The first-order valence-electron chi connectivity index (χ1n) is 6.85. The Morgan fingerprint density at radius 3 is 2.50 bits per heavy atom. The molecule has 1 saturated heterocycles. The molecule has 2 N–H and O–H groups in total. The lowest BCUT2D eigenvalue weighted by Crippen LogP contribution is -2.21. The van der Waals surface area contributed by atoms with Crippen molar-refractivity contribution in [2.75, 3.05) is 40.6 Å². The number of ether oxygens (including phenoxy) is 2. The van der Waals surface area contributed by atoms with Gasteiger partial charge in [-0.15, -0.1) is 11.8 Å². The molecule has 0 aromatic heterocycles.